The number of aryl methyl sites for hydroxylation is 1. The van der Waals surface area contributed by atoms with Crippen LogP contribution in [0.4, 0.5) is 0 Å². The van der Waals surface area contributed by atoms with Crippen molar-refractivity contribution >= 4 is 11.9 Å². The van der Waals surface area contributed by atoms with Gasteiger partial charge in [-0.05, 0) is 31.9 Å². The first-order valence-electron chi connectivity index (χ1n) is 6.68. The van der Waals surface area contributed by atoms with Crippen LogP contribution in [0.2, 0.25) is 0 Å². The fourth-order valence-corrected chi connectivity index (χ4v) is 2.54. The van der Waals surface area contributed by atoms with Gasteiger partial charge in [0.05, 0.1) is 12.0 Å². The van der Waals surface area contributed by atoms with Crippen LogP contribution in [0, 0.1) is 6.92 Å². The lowest BCUT2D eigenvalue weighted by molar-refractivity contribution is -0.139. The number of ether oxygens (including phenoxy) is 1. The summed E-state index contributed by atoms with van der Waals surface area (Å²) in [5.74, 6) is -1.14. The topological polar surface area (TPSA) is 80.6 Å². The molecule has 1 aromatic rings. The number of rotatable bonds is 4. The predicted octanol–water partition coefficient (Wildman–Crippen LogP) is 1.09. The number of carbonyl (C=O) groups excluding carboxylic acids is 1. The largest absolute Gasteiger partial charge is 0.481 e. The van der Waals surface area contributed by atoms with E-state index in [-0.39, 0.29) is 12.3 Å². The molecule has 1 aliphatic heterocycles. The molecule has 2 heterocycles. The van der Waals surface area contributed by atoms with Crippen molar-refractivity contribution in [1.82, 2.24) is 9.88 Å². The molecule has 0 saturated carbocycles. The minimum Gasteiger partial charge on any atom is -0.481 e. The second-order valence-corrected chi connectivity index (χ2v) is 5.34. The SMILES string of the molecule is Cc1ccc(C(=O)NC2(CC(=O)O)CCOCC2)n1C. The smallest absolute Gasteiger partial charge is 0.305 e. The van der Waals surface area contributed by atoms with Crippen molar-refractivity contribution in [3.63, 3.8) is 0 Å². The fourth-order valence-electron chi connectivity index (χ4n) is 2.54. The van der Waals surface area contributed by atoms with Gasteiger partial charge in [-0.15, -0.1) is 0 Å². The summed E-state index contributed by atoms with van der Waals surface area (Å²) in [7, 11) is 1.82. The van der Waals surface area contributed by atoms with Crippen LogP contribution in [-0.2, 0) is 16.6 Å². The summed E-state index contributed by atoms with van der Waals surface area (Å²) in [5.41, 5.74) is 0.812. The Labute approximate surface area is 117 Å². The maximum atomic E-state index is 12.4. The molecule has 1 aliphatic rings. The molecule has 110 valence electrons. The van der Waals surface area contributed by atoms with Gasteiger partial charge >= 0.3 is 5.97 Å². The Morgan fingerprint density at radius 2 is 2.05 bits per heavy atom. The van der Waals surface area contributed by atoms with Gasteiger partial charge < -0.3 is 19.7 Å². The predicted molar refractivity (Wildman–Crippen MR) is 72.7 cm³/mol. The van der Waals surface area contributed by atoms with E-state index in [1.807, 2.05) is 20.0 Å². The standard InChI is InChI=1S/C14H20N2O4/c1-10-3-4-11(16(10)2)13(19)15-14(9-12(17)18)5-7-20-8-6-14/h3-4H,5-9H2,1-2H3,(H,15,19)(H,17,18). The molecule has 1 amide bonds. The van der Waals surface area contributed by atoms with Crippen LogP contribution in [0.1, 0.15) is 35.4 Å². The molecular weight excluding hydrogens is 260 g/mol. The Morgan fingerprint density at radius 3 is 2.55 bits per heavy atom. The maximum absolute atomic E-state index is 12.4. The van der Waals surface area contributed by atoms with Crippen LogP contribution < -0.4 is 5.32 Å². The van der Waals surface area contributed by atoms with Crippen molar-refractivity contribution in [1.29, 1.82) is 0 Å². The summed E-state index contributed by atoms with van der Waals surface area (Å²) >= 11 is 0. The van der Waals surface area contributed by atoms with Crippen LogP contribution in [0.3, 0.4) is 0 Å². The minimum atomic E-state index is -0.907. The van der Waals surface area contributed by atoms with Gasteiger partial charge in [0.25, 0.3) is 5.91 Å². The van der Waals surface area contributed by atoms with E-state index in [9.17, 15) is 9.59 Å². The number of carboxylic acids is 1. The van der Waals surface area contributed by atoms with Gasteiger partial charge in [0.1, 0.15) is 5.69 Å². The van der Waals surface area contributed by atoms with Crippen molar-refractivity contribution in [2.75, 3.05) is 13.2 Å². The molecule has 6 heteroatoms. The molecule has 0 aliphatic carbocycles. The Morgan fingerprint density at radius 1 is 1.40 bits per heavy atom. The highest BCUT2D eigenvalue weighted by atomic mass is 16.5. The average Bonchev–Trinajstić information content (AvgIpc) is 2.70. The molecule has 1 saturated heterocycles. The van der Waals surface area contributed by atoms with Crippen LogP contribution in [0.25, 0.3) is 0 Å². The first-order chi connectivity index (χ1) is 9.43. The number of hydrogen-bond donors (Lipinski definition) is 2. The Balaban J connectivity index is 2.17. The van der Waals surface area contributed by atoms with Crippen molar-refractivity contribution < 1.29 is 19.4 Å². The van der Waals surface area contributed by atoms with E-state index < -0.39 is 11.5 Å². The molecule has 0 radical (unpaired) electrons. The third-order valence-electron chi connectivity index (χ3n) is 3.92. The first kappa shape index (κ1) is 14.6. The number of hydrogen-bond acceptors (Lipinski definition) is 3. The lowest BCUT2D eigenvalue weighted by Gasteiger charge is -2.36. The van der Waals surface area contributed by atoms with Gasteiger partial charge in [-0.1, -0.05) is 0 Å². The number of nitrogens with one attached hydrogen (secondary N) is 1. The van der Waals surface area contributed by atoms with E-state index in [1.54, 1.807) is 10.6 Å². The normalized spacial score (nSPS) is 17.7. The highest BCUT2D eigenvalue weighted by Gasteiger charge is 2.37. The van der Waals surface area contributed by atoms with E-state index >= 15 is 0 Å². The summed E-state index contributed by atoms with van der Waals surface area (Å²) in [6, 6.07) is 3.61. The first-order valence-corrected chi connectivity index (χ1v) is 6.68. The van der Waals surface area contributed by atoms with E-state index in [2.05, 4.69) is 5.32 Å². The monoisotopic (exact) mass is 280 g/mol. The molecule has 0 atom stereocenters. The van der Waals surface area contributed by atoms with Gasteiger partial charge in [-0.25, -0.2) is 0 Å². The number of carbonyl (C=O) groups is 2. The molecule has 1 fully saturated rings. The van der Waals surface area contributed by atoms with E-state index in [0.717, 1.165) is 5.69 Å². The zero-order valence-corrected chi connectivity index (χ0v) is 11.8. The number of nitrogens with zero attached hydrogens (tertiary/aromatic N) is 1. The van der Waals surface area contributed by atoms with Crippen LogP contribution in [0.15, 0.2) is 12.1 Å². The zero-order chi connectivity index (χ0) is 14.8. The second kappa shape index (κ2) is 5.66. The van der Waals surface area contributed by atoms with Gasteiger partial charge in [-0.2, -0.15) is 0 Å². The van der Waals surface area contributed by atoms with E-state index in [4.69, 9.17) is 9.84 Å². The van der Waals surface area contributed by atoms with Gasteiger partial charge in [-0.3, -0.25) is 9.59 Å². The molecule has 20 heavy (non-hydrogen) atoms. The summed E-state index contributed by atoms with van der Waals surface area (Å²) < 4.78 is 7.07. The average molecular weight is 280 g/mol. The molecule has 0 bridgehead atoms. The Kier molecular flexibility index (Phi) is 4.13. The highest BCUT2D eigenvalue weighted by Crippen LogP contribution is 2.25. The Bertz CT molecular complexity index is 515. The van der Waals surface area contributed by atoms with E-state index in [0.29, 0.717) is 31.7 Å². The summed E-state index contributed by atoms with van der Waals surface area (Å²) in [4.78, 5) is 23.4. The summed E-state index contributed by atoms with van der Waals surface area (Å²) in [6.45, 7) is 2.86. The zero-order valence-electron chi connectivity index (χ0n) is 11.8. The molecule has 0 spiro atoms. The Hall–Kier alpha value is -1.82. The van der Waals surface area contributed by atoms with Crippen molar-refractivity contribution in [2.24, 2.45) is 7.05 Å². The van der Waals surface area contributed by atoms with Gasteiger partial charge in [0, 0.05) is 26.0 Å². The van der Waals surface area contributed by atoms with Crippen molar-refractivity contribution in [3.05, 3.63) is 23.5 Å². The number of amides is 1. The van der Waals surface area contributed by atoms with Gasteiger partial charge in [0.15, 0.2) is 0 Å². The minimum absolute atomic E-state index is 0.0779. The van der Waals surface area contributed by atoms with Crippen molar-refractivity contribution in [2.45, 2.75) is 31.7 Å². The molecule has 0 aromatic carbocycles. The third-order valence-corrected chi connectivity index (χ3v) is 3.92. The summed E-state index contributed by atoms with van der Waals surface area (Å²) in [5, 5.41) is 12.0. The van der Waals surface area contributed by atoms with Crippen molar-refractivity contribution in [3.8, 4) is 0 Å². The second-order valence-electron chi connectivity index (χ2n) is 5.34. The molecular formula is C14H20N2O4. The highest BCUT2D eigenvalue weighted by molar-refractivity contribution is 5.93. The quantitative estimate of drug-likeness (QED) is 0.865. The van der Waals surface area contributed by atoms with Crippen LogP contribution in [-0.4, -0.2) is 40.3 Å². The lowest BCUT2D eigenvalue weighted by Crippen LogP contribution is -2.53. The number of aromatic nitrogens is 1. The number of aliphatic carboxylic acids is 1. The van der Waals surface area contributed by atoms with E-state index in [1.165, 1.54) is 0 Å². The van der Waals surface area contributed by atoms with Crippen LogP contribution >= 0.6 is 0 Å². The molecule has 6 nitrogen and oxygen atoms in total. The summed E-state index contributed by atoms with van der Waals surface area (Å²) in [6.07, 6.45) is 0.967. The molecule has 0 unspecified atom stereocenters. The molecule has 1 aromatic heterocycles. The maximum Gasteiger partial charge on any atom is 0.305 e. The third kappa shape index (κ3) is 3.01. The lowest BCUT2D eigenvalue weighted by atomic mass is 9.86. The number of carboxylic acid groups (broad SMARTS) is 1. The van der Waals surface area contributed by atoms with Crippen LogP contribution in [0.5, 0.6) is 0 Å². The molecule has 2 N–H and O–H groups in total. The fraction of sp³-hybridized carbons (Fsp3) is 0.571. The molecule has 2 rings (SSSR count). The van der Waals surface area contributed by atoms with Gasteiger partial charge in [0.2, 0.25) is 0 Å².